The molecule has 748 valence electrons. The molecular formula is C92H132IN23O20S. The number of benzene rings is 4. The summed E-state index contributed by atoms with van der Waals surface area (Å²) in [7, 11) is 1.26. The Labute approximate surface area is 812 Å². The third-order valence-electron chi connectivity index (χ3n) is 22.4. The number of aliphatic carboxylic acids is 1. The standard InChI is InChI=1S/C92H132IN23O20S/c1-46(2)36-63-79(125)104-61(24-18-34-99-91(95)96)78(124)107-64(37-47(3)4)84(130)114-74(49(7)8)88(134)115-75(52(11)117)89(135)112-70(86(132)102-50(9)76(94)122)44-137-45-71(119)103-65(38-53-20-14-13-15-21-53)80(126)108-66(40-55-28-32-58(118)33-29-55)82(128)110-69(42-72(120)121)83(129)109-68(41-56-43-101-60-23-17-16-22-59(56)60)85(131)113-73(48(5)6)87(133)111-67(39-54-26-30-57(93)31-27-54)81(127)105-62(25-19-35-100-92(97)98)90(136)116(12)51(10)77(123)106-63/h13-17,20-23,26-33,43,46-52,61-70,73-75,101,117-118H,18-19,24-25,34-42,44-45H2,1-12H3,(H2,94,122)(H,102,132)(H,103,119)(H,104,125)(H,105,127)(H,106,123)(H,107,124)(H,108,126)(H,109,129)(H,110,128)(H,111,133)(H,112,135)(H,113,131)(H,114,130)(H,115,134)(H,120,121)(H4,95,96,99)(H4,97,98,100)/t50-,51-,52+,61-,62-,63+,64-,65-,66-,67-,68-,69-,70-,73-,74-,75-/m0/s1. The molecule has 6 rings (SSSR count). The smallest absolute Gasteiger partial charge is 0.305 e. The van der Waals surface area contributed by atoms with Gasteiger partial charge in [-0.1, -0.05) is 128 Å². The van der Waals surface area contributed by atoms with Crippen LogP contribution in [0.4, 0.5) is 0 Å². The molecule has 1 aliphatic heterocycles. The van der Waals surface area contributed by atoms with Gasteiger partial charge in [0.15, 0.2) is 11.9 Å². The first-order chi connectivity index (χ1) is 64.6. The molecule has 0 radical (unpaired) electrons. The van der Waals surface area contributed by atoms with E-state index in [1.807, 2.05) is 0 Å². The molecule has 1 aromatic heterocycles. The average Bonchev–Trinajstić information content (AvgIpc) is 1.72. The first kappa shape index (κ1) is 113. The number of nitrogens with one attached hydrogen (secondary N) is 19. The number of amides is 16. The second-order valence-electron chi connectivity index (χ2n) is 35.4. The van der Waals surface area contributed by atoms with Gasteiger partial charge in [-0.25, -0.2) is 0 Å². The number of carboxylic acid groups (broad SMARTS) is 1. The SMILES string of the molecule is CC(C)C[C@@H]1NC(=O)[C@H](CCCNC(=N)N)NC(=O)[C@@H](CC(C)C)NC(=O)[C@H](C)N(C)C(=O)[C@H](CCCNC(=N)N)NC(=O)[C@H](Cc2ccc(I)cc2)NC(=O)[C@H](C(C)C)NC(=O)[C@H](Cc2c[nH]c3ccccc23)NC(=O)[C@H](CC(=O)O)NC(=O)[C@H](Cc2ccc(O)cc2)NC(=O)[C@H](Cc2ccccc2)NC(=O)CSC[C@@H](C(=O)N[C@@H](C)C(N)=O)NC(=O)[C@H]([C@@H](C)O)NC(=O)[C@H](C(C)C)NC1=O. The van der Waals surface area contributed by atoms with E-state index in [0.29, 0.717) is 39.4 Å². The summed E-state index contributed by atoms with van der Waals surface area (Å²) >= 11 is 2.78. The number of aliphatic hydroxyl groups excluding tert-OH is 1. The number of likely N-dealkylation sites (N-methyl/N-ethyl adjacent to an activating group) is 1. The number of hydrogen-bond donors (Lipinski definition) is 25. The van der Waals surface area contributed by atoms with Crippen LogP contribution in [0.3, 0.4) is 0 Å². The van der Waals surface area contributed by atoms with Crippen molar-refractivity contribution in [1.82, 2.24) is 95.0 Å². The van der Waals surface area contributed by atoms with Crippen LogP contribution < -0.4 is 102 Å². The molecule has 0 spiro atoms. The van der Waals surface area contributed by atoms with Crippen LogP contribution in [-0.2, 0) is 107 Å². The Bertz CT molecular complexity index is 5050. The van der Waals surface area contributed by atoms with Crippen LogP contribution in [0.5, 0.6) is 5.75 Å². The number of H-pyrrole nitrogens is 1. The van der Waals surface area contributed by atoms with Gasteiger partial charge in [0.05, 0.1) is 18.3 Å². The second-order valence-corrected chi connectivity index (χ2v) is 37.7. The molecule has 0 aliphatic carbocycles. The third-order valence-corrected chi connectivity index (χ3v) is 24.1. The summed E-state index contributed by atoms with van der Waals surface area (Å²) in [6, 6.07) is 3.05. The fourth-order valence-electron chi connectivity index (χ4n) is 14.7. The summed E-state index contributed by atoms with van der Waals surface area (Å²) in [4.78, 5) is 253. The van der Waals surface area contributed by atoms with Gasteiger partial charge in [0.2, 0.25) is 94.5 Å². The summed E-state index contributed by atoms with van der Waals surface area (Å²) in [5.41, 5.74) is 19.0. The molecule has 43 nitrogen and oxygen atoms in total. The number of hydrogen-bond acceptors (Lipinski definition) is 22. The van der Waals surface area contributed by atoms with Crippen molar-refractivity contribution in [2.75, 3.05) is 31.6 Å². The van der Waals surface area contributed by atoms with Gasteiger partial charge >= 0.3 is 5.97 Å². The van der Waals surface area contributed by atoms with Crippen molar-refractivity contribution in [2.24, 2.45) is 40.9 Å². The third kappa shape index (κ3) is 37.4. The number of aromatic hydroxyl groups is 1. The number of carbonyl (C=O) groups is 17. The molecule has 28 N–H and O–H groups in total. The Balaban J connectivity index is 1.50. The van der Waals surface area contributed by atoms with Crippen LogP contribution in [0.15, 0.2) is 109 Å². The summed E-state index contributed by atoms with van der Waals surface area (Å²) in [5, 5.41) is 90.2. The predicted octanol–water partition coefficient (Wildman–Crippen LogP) is -1.58. The Morgan fingerprint density at radius 2 is 0.883 bits per heavy atom. The van der Waals surface area contributed by atoms with E-state index in [9.17, 15) is 63.3 Å². The number of aromatic nitrogens is 1. The lowest BCUT2D eigenvalue weighted by molar-refractivity contribution is -0.143. The minimum atomic E-state index is -2.07. The molecule has 0 bridgehead atoms. The number of phenolic OH excluding ortho intramolecular Hbond substituents is 1. The second kappa shape index (κ2) is 55.1. The zero-order chi connectivity index (χ0) is 102. The molecule has 2 heterocycles. The van der Waals surface area contributed by atoms with E-state index in [2.05, 4.69) is 113 Å². The summed E-state index contributed by atoms with van der Waals surface area (Å²) in [6.45, 7) is 16.9. The lowest BCUT2D eigenvalue weighted by Crippen LogP contribution is -2.62. The Kier molecular flexibility index (Phi) is 45.3. The van der Waals surface area contributed by atoms with E-state index in [1.165, 1.54) is 59.0 Å². The fraction of sp³-hybridized carbons (Fsp3) is 0.511. The fourth-order valence-corrected chi connectivity index (χ4v) is 15.9. The first-order valence-corrected chi connectivity index (χ1v) is 47.4. The maximum absolute atomic E-state index is 15.4. The Morgan fingerprint density at radius 1 is 0.482 bits per heavy atom. The molecular weight excluding hydrogens is 1910 g/mol. The number of carboxylic acids is 1. The minimum Gasteiger partial charge on any atom is -0.508 e. The number of halogens is 1. The van der Waals surface area contributed by atoms with Crippen LogP contribution in [0, 0.1) is 38.1 Å². The van der Waals surface area contributed by atoms with E-state index in [4.69, 9.17) is 28.0 Å². The number of aromatic amines is 1. The molecule has 0 unspecified atom stereocenters. The molecule has 0 saturated carbocycles. The number of primary amides is 1. The molecule has 1 fully saturated rings. The Hall–Kier alpha value is -13.2. The van der Waals surface area contributed by atoms with Gasteiger partial charge in [-0.15, -0.1) is 11.8 Å². The van der Waals surface area contributed by atoms with Gasteiger partial charge in [0.25, 0.3) is 0 Å². The van der Waals surface area contributed by atoms with E-state index in [0.717, 1.165) is 15.4 Å². The van der Waals surface area contributed by atoms with Crippen molar-refractivity contribution in [3.8, 4) is 5.75 Å². The number of phenols is 1. The number of nitrogens with two attached hydrogens (primary N) is 3. The monoisotopic (exact) mass is 2040 g/mol. The van der Waals surface area contributed by atoms with Gasteiger partial charge in [-0.05, 0) is 158 Å². The molecule has 45 heteroatoms. The lowest BCUT2D eigenvalue weighted by atomic mass is 9.98. The van der Waals surface area contributed by atoms with Gasteiger partial charge in [0.1, 0.15) is 96.4 Å². The molecule has 16 atom stereocenters. The Morgan fingerprint density at radius 3 is 1.39 bits per heavy atom. The van der Waals surface area contributed by atoms with Crippen molar-refractivity contribution < 1.29 is 96.8 Å². The number of para-hydroxylation sites is 1. The van der Waals surface area contributed by atoms with Gasteiger partial charge < -0.3 is 127 Å². The topological polar surface area (TPSA) is 688 Å². The largest absolute Gasteiger partial charge is 0.508 e. The maximum atomic E-state index is 15.4. The zero-order valence-corrected chi connectivity index (χ0v) is 81.8. The molecule has 5 aromatic rings. The molecule has 1 saturated heterocycles. The van der Waals surface area contributed by atoms with Gasteiger partial charge in [0, 0.05) is 72.2 Å². The van der Waals surface area contributed by atoms with Crippen molar-refractivity contribution in [1.29, 1.82) is 10.8 Å². The highest BCUT2D eigenvalue weighted by atomic mass is 127. The maximum Gasteiger partial charge on any atom is 0.305 e. The highest BCUT2D eigenvalue weighted by Gasteiger charge is 2.42. The molecule has 16 amide bonds. The highest BCUT2D eigenvalue weighted by molar-refractivity contribution is 14.1. The van der Waals surface area contributed by atoms with Crippen LogP contribution in [0.25, 0.3) is 10.9 Å². The van der Waals surface area contributed by atoms with E-state index in [-0.39, 0.29) is 94.0 Å². The quantitative estimate of drug-likeness (QED) is 0.0116. The van der Waals surface area contributed by atoms with Crippen molar-refractivity contribution in [2.45, 2.75) is 244 Å². The first-order valence-electron chi connectivity index (χ1n) is 45.1. The van der Waals surface area contributed by atoms with E-state index >= 15 is 33.6 Å². The number of aliphatic hydroxyl groups is 1. The van der Waals surface area contributed by atoms with Crippen molar-refractivity contribution in [3.63, 3.8) is 0 Å². The van der Waals surface area contributed by atoms with Crippen LogP contribution in [0.1, 0.15) is 143 Å². The van der Waals surface area contributed by atoms with Crippen molar-refractivity contribution >= 4 is 158 Å². The zero-order valence-electron chi connectivity index (χ0n) is 78.8. The van der Waals surface area contributed by atoms with Crippen LogP contribution >= 0.6 is 34.4 Å². The number of nitrogens with zero attached hydrogens (tertiary/aromatic N) is 1. The lowest BCUT2D eigenvalue weighted by Gasteiger charge is -2.32. The highest BCUT2D eigenvalue weighted by Crippen LogP contribution is 2.23. The average molecular weight is 2040 g/mol. The number of fused-ring (bicyclic) bond motifs is 1. The summed E-state index contributed by atoms with van der Waals surface area (Å²) in [6.07, 6.45) is -3.10. The number of carbonyl (C=O) groups excluding carboxylic acids is 16. The van der Waals surface area contributed by atoms with Crippen LogP contribution in [0.2, 0.25) is 0 Å². The van der Waals surface area contributed by atoms with Gasteiger partial charge in [-0.3, -0.25) is 92.3 Å². The molecule has 4 aromatic carbocycles. The van der Waals surface area contributed by atoms with Gasteiger partial charge in [-0.2, -0.15) is 0 Å². The summed E-state index contributed by atoms with van der Waals surface area (Å²) < 4.78 is 0.795. The predicted molar refractivity (Wildman–Crippen MR) is 519 cm³/mol. The van der Waals surface area contributed by atoms with Crippen molar-refractivity contribution in [3.05, 3.63) is 135 Å². The number of rotatable bonds is 28. The minimum absolute atomic E-state index is 0.00429. The van der Waals surface area contributed by atoms with Crippen LogP contribution in [-0.4, -0.2) is 266 Å². The number of thioether (sulfide) groups is 1. The summed E-state index contributed by atoms with van der Waals surface area (Å²) in [5.74, 6) is -22.3. The normalized spacial score (nSPS) is 23.4. The van der Waals surface area contributed by atoms with E-state index in [1.54, 1.807) is 127 Å². The van der Waals surface area contributed by atoms with E-state index < -0.39 is 245 Å². The number of guanidine groups is 2. The molecule has 1 aliphatic rings. The molecule has 137 heavy (non-hydrogen) atoms.